The molecule has 4 heteroatoms. The Kier molecular flexibility index (Phi) is 1.21. The summed E-state index contributed by atoms with van der Waals surface area (Å²) in [4.78, 5) is 0. The van der Waals surface area contributed by atoms with Gasteiger partial charge in [-0.25, -0.2) is 0 Å². The van der Waals surface area contributed by atoms with E-state index in [1.165, 1.54) is 11.5 Å². The lowest BCUT2D eigenvalue weighted by atomic mass is 10.9. The monoisotopic (exact) mass is 115 g/mol. The lowest BCUT2D eigenvalue weighted by Gasteiger charge is -1.82. The molecule has 0 saturated carbocycles. The first-order valence-corrected chi connectivity index (χ1v) is 2.45. The molecule has 1 aromatic heterocycles. The van der Waals surface area contributed by atoms with E-state index < -0.39 is 0 Å². The van der Waals surface area contributed by atoms with Crippen molar-refractivity contribution >= 4 is 11.5 Å². The van der Waals surface area contributed by atoms with Crippen molar-refractivity contribution in [2.75, 3.05) is 7.11 Å². The van der Waals surface area contributed by atoms with E-state index in [2.05, 4.69) is 15.8 Å². The molecule has 1 aromatic rings. The molecule has 0 saturated heterocycles. The normalized spacial score (nSPS) is 8.71. The maximum absolute atomic E-state index is 4.69. The van der Waals surface area contributed by atoms with Gasteiger partial charge in [0.25, 0.3) is 0 Å². The Morgan fingerprint density at radius 3 is 3.00 bits per heavy atom. The fourth-order valence-corrected chi connectivity index (χ4v) is 0.534. The van der Waals surface area contributed by atoms with E-state index in [9.17, 15) is 0 Å². The summed E-state index contributed by atoms with van der Waals surface area (Å²) in [6.45, 7) is 0. The summed E-state index contributed by atoms with van der Waals surface area (Å²) in [7, 11) is 1.56. The zero-order valence-corrected chi connectivity index (χ0v) is 4.53. The van der Waals surface area contributed by atoms with Crippen LogP contribution in [-0.4, -0.2) is 16.7 Å². The van der Waals surface area contributed by atoms with Gasteiger partial charge in [0.1, 0.15) is 0 Å². The second-order valence-corrected chi connectivity index (χ2v) is 1.59. The van der Waals surface area contributed by atoms with Gasteiger partial charge in [-0.3, -0.25) is 0 Å². The number of aromatic nitrogens is 2. The smallest absolute Gasteiger partial charge is 0.224 e. The Hall–Kier alpha value is -0.640. The molecule has 7 heavy (non-hydrogen) atoms. The van der Waals surface area contributed by atoms with Crippen molar-refractivity contribution in [3.63, 3.8) is 0 Å². The van der Waals surface area contributed by atoms with Gasteiger partial charge >= 0.3 is 0 Å². The van der Waals surface area contributed by atoms with Crippen LogP contribution in [0, 0.1) is 6.20 Å². The first kappa shape index (κ1) is 4.52. The molecule has 0 atom stereocenters. The highest BCUT2D eigenvalue weighted by Gasteiger charge is 1.88. The summed E-state index contributed by atoms with van der Waals surface area (Å²) in [6.07, 6.45) is 2.52. The van der Waals surface area contributed by atoms with Gasteiger partial charge < -0.3 is 4.74 Å². The second kappa shape index (κ2) is 1.88. The highest BCUT2D eigenvalue weighted by Crippen LogP contribution is 2.09. The molecular formula is C3H3N2OS. The van der Waals surface area contributed by atoms with Gasteiger partial charge in [0.05, 0.1) is 7.11 Å². The van der Waals surface area contributed by atoms with Crippen LogP contribution in [-0.2, 0) is 0 Å². The van der Waals surface area contributed by atoms with Gasteiger partial charge in [0, 0.05) is 11.5 Å². The van der Waals surface area contributed by atoms with Crippen molar-refractivity contribution in [1.29, 1.82) is 0 Å². The summed E-state index contributed by atoms with van der Waals surface area (Å²) >= 11 is 1.18. The highest BCUT2D eigenvalue weighted by atomic mass is 32.1. The fourth-order valence-electron chi connectivity index (χ4n) is 0.222. The van der Waals surface area contributed by atoms with Gasteiger partial charge in [-0.1, -0.05) is 4.49 Å². The second-order valence-electron chi connectivity index (χ2n) is 0.876. The molecule has 37 valence electrons. The lowest BCUT2D eigenvalue weighted by molar-refractivity contribution is 0.425. The molecule has 0 aliphatic rings. The van der Waals surface area contributed by atoms with Crippen LogP contribution in [0.1, 0.15) is 0 Å². The fraction of sp³-hybridized carbons (Fsp3) is 0.333. The maximum Gasteiger partial charge on any atom is 0.224 e. The first-order valence-electron chi connectivity index (χ1n) is 1.67. The zero-order chi connectivity index (χ0) is 5.11. The molecule has 0 spiro atoms. The third-order valence-electron chi connectivity index (χ3n) is 0.491. The SMILES string of the molecule is COc1[c]nns1. The molecule has 1 heterocycles. The quantitative estimate of drug-likeness (QED) is 0.529. The van der Waals surface area contributed by atoms with Gasteiger partial charge in [-0.2, -0.15) is 0 Å². The predicted octanol–water partition coefficient (Wildman–Crippen LogP) is 0.347. The van der Waals surface area contributed by atoms with Gasteiger partial charge in [-0.15, -0.1) is 5.10 Å². The number of methoxy groups -OCH3 is 1. The van der Waals surface area contributed by atoms with Crippen LogP contribution in [0.15, 0.2) is 0 Å². The summed E-state index contributed by atoms with van der Waals surface area (Å²) < 4.78 is 8.20. The molecule has 0 aliphatic carbocycles. The molecule has 1 rings (SSSR count). The number of hydrogen-bond acceptors (Lipinski definition) is 4. The summed E-state index contributed by atoms with van der Waals surface area (Å²) in [5.74, 6) is 0. The third kappa shape index (κ3) is 0.866. The van der Waals surface area contributed by atoms with Crippen LogP contribution in [0.3, 0.4) is 0 Å². The molecular weight excluding hydrogens is 112 g/mol. The molecule has 0 unspecified atom stereocenters. The van der Waals surface area contributed by atoms with Crippen LogP contribution in [0.5, 0.6) is 5.06 Å². The van der Waals surface area contributed by atoms with Crippen molar-refractivity contribution in [3.8, 4) is 5.06 Å². The van der Waals surface area contributed by atoms with Crippen molar-refractivity contribution in [3.05, 3.63) is 6.20 Å². The summed E-state index contributed by atoms with van der Waals surface area (Å²) in [5, 5.41) is 4.04. The van der Waals surface area contributed by atoms with E-state index in [-0.39, 0.29) is 0 Å². The average Bonchev–Trinajstić information content (AvgIpc) is 2.14. The number of nitrogens with zero attached hydrogens (tertiary/aromatic N) is 2. The van der Waals surface area contributed by atoms with Crippen molar-refractivity contribution in [1.82, 2.24) is 9.59 Å². The Morgan fingerprint density at radius 2 is 2.71 bits per heavy atom. The topological polar surface area (TPSA) is 35.0 Å². The average molecular weight is 115 g/mol. The third-order valence-corrected chi connectivity index (χ3v) is 1.08. The zero-order valence-electron chi connectivity index (χ0n) is 3.71. The molecule has 0 aromatic carbocycles. The van der Waals surface area contributed by atoms with E-state index in [4.69, 9.17) is 4.74 Å². The maximum atomic E-state index is 4.69. The van der Waals surface area contributed by atoms with E-state index in [1.54, 1.807) is 7.11 Å². The van der Waals surface area contributed by atoms with Gasteiger partial charge in [0.2, 0.25) is 5.06 Å². The van der Waals surface area contributed by atoms with Crippen molar-refractivity contribution in [2.24, 2.45) is 0 Å². The Morgan fingerprint density at radius 1 is 1.86 bits per heavy atom. The van der Waals surface area contributed by atoms with Gasteiger partial charge in [-0.05, 0) is 0 Å². The van der Waals surface area contributed by atoms with Crippen LogP contribution >= 0.6 is 11.5 Å². The Balaban J connectivity index is 2.76. The lowest BCUT2D eigenvalue weighted by Crippen LogP contribution is -1.74. The van der Waals surface area contributed by atoms with E-state index in [1.807, 2.05) is 0 Å². The standard InChI is InChI=1S/C3H3N2OS/c1-6-3-2-4-5-7-3/h1H3. The van der Waals surface area contributed by atoms with Gasteiger partial charge in [0.15, 0.2) is 6.20 Å². The molecule has 0 aliphatic heterocycles. The predicted molar refractivity (Wildman–Crippen MR) is 25.3 cm³/mol. The summed E-state index contributed by atoms with van der Waals surface area (Å²) in [6, 6.07) is 0. The number of hydrogen-bond donors (Lipinski definition) is 0. The Labute approximate surface area is 45.1 Å². The summed E-state index contributed by atoms with van der Waals surface area (Å²) in [5.41, 5.74) is 0. The molecule has 0 bridgehead atoms. The molecule has 3 nitrogen and oxygen atoms in total. The first-order chi connectivity index (χ1) is 3.43. The Bertz CT molecular complexity index is 127. The largest absolute Gasteiger partial charge is 0.485 e. The number of rotatable bonds is 1. The molecule has 0 amide bonds. The van der Waals surface area contributed by atoms with Crippen LogP contribution in [0.25, 0.3) is 0 Å². The van der Waals surface area contributed by atoms with Crippen LogP contribution in [0.4, 0.5) is 0 Å². The highest BCUT2D eigenvalue weighted by molar-refractivity contribution is 7.07. The minimum atomic E-state index is 0.625. The molecule has 1 radical (unpaired) electrons. The minimum Gasteiger partial charge on any atom is -0.485 e. The van der Waals surface area contributed by atoms with E-state index >= 15 is 0 Å². The van der Waals surface area contributed by atoms with E-state index in [0.717, 1.165) is 0 Å². The van der Waals surface area contributed by atoms with Crippen LogP contribution < -0.4 is 4.74 Å². The van der Waals surface area contributed by atoms with E-state index in [0.29, 0.717) is 5.06 Å². The number of ether oxygens (including phenoxy) is 1. The van der Waals surface area contributed by atoms with Crippen molar-refractivity contribution in [2.45, 2.75) is 0 Å². The van der Waals surface area contributed by atoms with Crippen LogP contribution in [0.2, 0.25) is 0 Å². The molecule has 0 N–H and O–H groups in total. The molecule has 0 fully saturated rings. The van der Waals surface area contributed by atoms with Crippen molar-refractivity contribution < 1.29 is 4.74 Å². The minimum absolute atomic E-state index is 0.625.